The number of aromatic nitrogens is 1. The number of esters is 1. The van der Waals surface area contributed by atoms with Crippen LogP contribution in [0.15, 0.2) is 30.3 Å². The number of benzene rings is 1. The van der Waals surface area contributed by atoms with Gasteiger partial charge in [-0.3, -0.25) is 0 Å². The summed E-state index contributed by atoms with van der Waals surface area (Å²) in [5, 5.41) is 9.68. The number of aromatic amines is 1. The van der Waals surface area contributed by atoms with Gasteiger partial charge in [0.05, 0.1) is 13.2 Å². The Morgan fingerprint density at radius 1 is 1.44 bits per heavy atom. The minimum absolute atomic E-state index is 0.0108. The minimum Gasteiger partial charge on any atom is -0.461 e. The van der Waals surface area contributed by atoms with Crippen LogP contribution in [-0.4, -0.2) is 29.3 Å². The summed E-state index contributed by atoms with van der Waals surface area (Å²) < 4.78 is 4.94. The van der Waals surface area contributed by atoms with Gasteiger partial charge in [-0.15, -0.1) is 0 Å². The largest absolute Gasteiger partial charge is 0.461 e. The van der Waals surface area contributed by atoms with Gasteiger partial charge in [-0.2, -0.15) is 0 Å². The molecule has 1 aromatic heterocycles. The van der Waals surface area contributed by atoms with Crippen molar-refractivity contribution in [3.8, 4) is 0 Å². The molecule has 0 aliphatic heterocycles. The maximum Gasteiger partial charge on any atom is 0.354 e. The van der Waals surface area contributed by atoms with Gasteiger partial charge in [-0.1, -0.05) is 24.3 Å². The van der Waals surface area contributed by atoms with Crippen molar-refractivity contribution in [2.75, 3.05) is 13.2 Å². The molecule has 0 saturated carbocycles. The highest BCUT2D eigenvalue weighted by molar-refractivity contribution is 5.95. The lowest BCUT2D eigenvalue weighted by molar-refractivity contribution is 0.0520. The molecule has 0 aliphatic carbocycles. The summed E-state index contributed by atoms with van der Waals surface area (Å²) in [6, 6.07) is 7.54. The number of fused-ring (bicyclic) bond motifs is 1. The fourth-order valence-electron chi connectivity index (χ4n) is 1.76. The van der Waals surface area contributed by atoms with E-state index in [1.165, 1.54) is 0 Å². The number of hydrogen-bond donors (Lipinski definition) is 2. The van der Waals surface area contributed by atoms with Crippen molar-refractivity contribution in [3.05, 3.63) is 41.6 Å². The van der Waals surface area contributed by atoms with Crippen LogP contribution >= 0.6 is 0 Å². The van der Waals surface area contributed by atoms with Crippen LogP contribution in [0.1, 0.15) is 23.0 Å². The predicted octanol–water partition coefficient (Wildman–Crippen LogP) is 2.35. The molecular formula is C14H15NO3. The number of carbonyl (C=O) groups excluding carboxylic acids is 1. The standard InChI is InChI=1S/C14H15NO3/c1-2-18-14(17)13-9-11-6-5-10(4-3-7-16)8-12(11)15-13/h3-6,8-9,15-16H,2,7H2,1H3. The van der Waals surface area contributed by atoms with E-state index in [0.717, 1.165) is 16.5 Å². The zero-order valence-electron chi connectivity index (χ0n) is 10.1. The van der Waals surface area contributed by atoms with Crippen LogP contribution in [0.2, 0.25) is 0 Å². The summed E-state index contributed by atoms with van der Waals surface area (Å²) in [7, 11) is 0. The number of aliphatic hydroxyl groups excluding tert-OH is 1. The third kappa shape index (κ3) is 2.60. The van der Waals surface area contributed by atoms with Gasteiger partial charge in [-0.25, -0.2) is 4.79 Å². The van der Waals surface area contributed by atoms with Gasteiger partial charge < -0.3 is 14.8 Å². The molecule has 0 unspecified atom stereocenters. The number of rotatable bonds is 4. The summed E-state index contributed by atoms with van der Waals surface area (Å²) in [6.07, 6.45) is 3.49. The molecule has 0 saturated heterocycles. The number of aliphatic hydroxyl groups is 1. The van der Waals surface area contributed by atoms with Crippen molar-refractivity contribution >= 4 is 22.9 Å². The van der Waals surface area contributed by atoms with Crippen molar-refractivity contribution in [1.29, 1.82) is 0 Å². The summed E-state index contributed by atoms with van der Waals surface area (Å²) >= 11 is 0. The first-order chi connectivity index (χ1) is 8.74. The van der Waals surface area contributed by atoms with Crippen LogP contribution < -0.4 is 0 Å². The number of H-pyrrole nitrogens is 1. The molecular weight excluding hydrogens is 230 g/mol. The molecule has 2 rings (SSSR count). The quantitative estimate of drug-likeness (QED) is 0.813. The van der Waals surface area contributed by atoms with Crippen LogP contribution in [0.25, 0.3) is 17.0 Å². The first kappa shape index (κ1) is 12.4. The third-order valence-electron chi connectivity index (χ3n) is 2.56. The molecule has 0 aliphatic rings. The van der Waals surface area contributed by atoms with Gasteiger partial charge >= 0.3 is 5.97 Å². The fourth-order valence-corrected chi connectivity index (χ4v) is 1.76. The van der Waals surface area contributed by atoms with E-state index in [2.05, 4.69) is 4.98 Å². The lowest BCUT2D eigenvalue weighted by atomic mass is 10.1. The number of nitrogens with one attached hydrogen (secondary N) is 1. The van der Waals surface area contributed by atoms with Crippen molar-refractivity contribution in [2.24, 2.45) is 0 Å². The second kappa shape index (κ2) is 5.51. The van der Waals surface area contributed by atoms with Gasteiger partial charge in [0.15, 0.2) is 0 Å². The second-order valence-electron chi connectivity index (χ2n) is 3.84. The van der Waals surface area contributed by atoms with Crippen LogP contribution in [0, 0.1) is 0 Å². The Hall–Kier alpha value is -2.07. The van der Waals surface area contributed by atoms with Crippen molar-refractivity contribution in [2.45, 2.75) is 6.92 Å². The van der Waals surface area contributed by atoms with Gasteiger partial charge in [0.2, 0.25) is 0 Å². The van der Waals surface area contributed by atoms with Gasteiger partial charge in [0.25, 0.3) is 0 Å². The maximum atomic E-state index is 11.6. The molecule has 0 atom stereocenters. The normalized spacial score (nSPS) is 11.2. The number of carbonyl (C=O) groups is 1. The van der Waals surface area contributed by atoms with Crippen molar-refractivity contribution in [3.63, 3.8) is 0 Å². The average molecular weight is 245 g/mol. The number of hydrogen-bond acceptors (Lipinski definition) is 3. The molecule has 1 aromatic carbocycles. The zero-order chi connectivity index (χ0) is 13.0. The molecule has 0 fully saturated rings. The molecule has 2 aromatic rings. The van der Waals surface area contributed by atoms with E-state index in [1.807, 2.05) is 24.3 Å². The maximum absolute atomic E-state index is 11.6. The molecule has 0 bridgehead atoms. The predicted molar refractivity (Wildman–Crippen MR) is 70.4 cm³/mol. The Bertz CT molecular complexity index is 584. The molecule has 0 spiro atoms. The van der Waals surface area contributed by atoms with Crippen LogP contribution in [-0.2, 0) is 4.74 Å². The Balaban J connectivity index is 2.33. The lowest BCUT2D eigenvalue weighted by Gasteiger charge is -1.96. The summed E-state index contributed by atoms with van der Waals surface area (Å²) in [5.41, 5.74) is 2.29. The average Bonchev–Trinajstić information content (AvgIpc) is 2.79. The first-order valence-corrected chi connectivity index (χ1v) is 5.82. The van der Waals surface area contributed by atoms with E-state index in [1.54, 1.807) is 19.1 Å². The topological polar surface area (TPSA) is 62.3 Å². The Morgan fingerprint density at radius 3 is 3.00 bits per heavy atom. The Kier molecular flexibility index (Phi) is 3.79. The Morgan fingerprint density at radius 2 is 2.28 bits per heavy atom. The van der Waals surface area contributed by atoms with E-state index in [9.17, 15) is 4.79 Å². The first-order valence-electron chi connectivity index (χ1n) is 5.82. The van der Waals surface area contributed by atoms with Crippen molar-refractivity contribution < 1.29 is 14.6 Å². The molecule has 2 N–H and O–H groups in total. The highest BCUT2D eigenvalue weighted by atomic mass is 16.5. The van der Waals surface area contributed by atoms with Gasteiger partial charge in [-0.05, 0) is 24.6 Å². The molecule has 4 nitrogen and oxygen atoms in total. The molecule has 18 heavy (non-hydrogen) atoms. The molecule has 0 radical (unpaired) electrons. The molecule has 94 valence electrons. The van der Waals surface area contributed by atoms with Crippen LogP contribution in [0.5, 0.6) is 0 Å². The van der Waals surface area contributed by atoms with Gasteiger partial charge in [0.1, 0.15) is 5.69 Å². The summed E-state index contributed by atoms with van der Waals surface area (Å²) in [6.45, 7) is 2.15. The Labute approximate surface area is 105 Å². The molecule has 1 heterocycles. The van der Waals surface area contributed by atoms with Crippen LogP contribution in [0.3, 0.4) is 0 Å². The highest BCUT2D eigenvalue weighted by Crippen LogP contribution is 2.18. The minimum atomic E-state index is -0.346. The van der Waals surface area contributed by atoms with Crippen LogP contribution in [0.4, 0.5) is 0 Å². The van der Waals surface area contributed by atoms with E-state index >= 15 is 0 Å². The summed E-state index contributed by atoms with van der Waals surface area (Å²) in [5.74, 6) is -0.346. The summed E-state index contributed by atoms with van der Waals surface area (Å²) in [4.78, 5) is 14.6. The molecule has 4 heteroatoms. The zero-order valence-corrected chi connectivity index (χ0v) is 10.1. The highest BCUT2D eigenvalue weighted by Gasteiger charge is 2.09. The van der Waals surface area contributed by atoms with Crippen molar-refractivity contribution in [1.82, 2.24) is 4.98 Å². The SMILES string of the molecule is CCOC(=O)c1cc2ccc(C=CCO)cc2[nH]1. The monoisotopic (exact) mass is 245 g/mol. The van der Waals surface area contributed by atoms with Gasteiger partial charge in [0, 0.05) is 10.9 Å². The number of ether oxygens (including phenoxy) is 1. The second-order valence-corrected chi connectivity index (χ2v) is 3.84. The fraction of sp³-hybridized carbons (Fsp3) is 0.214. The smallest absolute Gasteiger partial charge is 0.354 e. The lowest BCUT2D eigenvalue weighted by Crippen LogP contribution is -2.04. The third-order valence-corrected chi connectivity index (χ3v) is 2.56. The molecule has 0 amide bonds. The van der Waals surface area contributed by atoms with E-state index < -0.39 is 0 Å². The van der Waals surface area contributed by atoms with E-state index in [4.69, 9.17) is 9.84 Å². The van der Waals surface area contributed by atoms with E-state index in [-0.39, 0.29) is 12.6 Å². The van der Waals surface area contributed by atoms with E-state index in [0.29, 0.717) is 12.3 Å².